The van der Waals surface area contributed by atoms with Gasteiger partial charge in [-0.25, -0.2) is 0 Å². The lowest BCUT2D eigenvalue weighted by Gasteiger charge is -2.59. The normalized spacial score (nSPS) is 21.9. The van der Waals surface area contributed by atoms with Crippen LogP contribution in [0.4, 0.5) is 5.69 Å². The Bertz CT molecular complexity index is 1070. The summed E-state index contributed by atoms with van der Waals surface area (Å²) in [7, 11) is 1.58. The van der Waals surface area contributed by atoms with Crippen LogP contribution in [0.1, 0.15) is 57.6 Å². The van der Waals surface area contributed by atoms with Crippen LogP contribution < -0.4 is 15.0 Å². The summed E-state index contributed by atoms with van der Waals surface area (Å²) in [6, 6.07) is 16.0. The van der Waals surface area contributed by atoms with E-state index in [0.717, 1.165) is 37.7 Å². The van der Waals surface area contributed by atoms with Gasteiger partial charge in [0.15, 0.2) is 5.92 Å². The third kappa shape index (κ3) is 5.07. The molecular formula is C29H36N2O6. The zero-order valence-corrected chi connectivity index (χ0v) is 21.8. The van der Waals surface area contributed by atoms with Crippen LogP contribution in [-0.4, -0.2) is 49.8 Å². The van der Waals surface area contributed by atoms with Crippen molar-refractivity contribution in [2.75, 3.05) is 25.2 Å². The highest BCUT2D eigenvalue weighted by Gasteiger charge is 2.70. The number of β-lactam (4-membered cyclic amide) rings is 1. The number of carbonyl (C=O) groups excluding carboxylic acids is 3. The zero-order chi connectivity index (χ0) is 26.4. The number of methoxy groups -OCH3 is 1. The van der Waals surface area contributed by atoms with Gasteiger partial charge >= 0.3 is 11.9 Å². The van der Waals surface area contributed by atoms with Crippen molar-refractivity contribution in [3.8, 4) is 5.75 Å². The molecule has 37 heavy (non-hydrogen) atoms. The molecule has 1 saturated heterocycles. The number of rotatable bonds is 10. The molecule has 8 nitrogen and oxygen atoms in total. The summed E-state index contributed by atoms with van der Waals surface area (Å²) >= 11 is 0. The van der Waals surface area contributed by atoms with Crippen LogP contribution in [0.5, 0.6) is 5.75 Å². The van der Waals surface area contributed by atoms with Gasteiger partial charge in [0.05, 0.1) is 26.4 Å². The number of nitrogens with zero attached hydrogens (tertiary/aromatic N) is 1. The summed E-state index contributed by atoms with van der Waals surface area (Å²) in [5, 5.41) is 3.55. The smallest absolute Gasteiger partial charge is 0.322 e. The molecule has 2 aromatic rings. The third-order valence-corrected chi connectivity index (χ3v) is 7.28. The highest BCUT2D eigenvalue weighted by atomic mass is 16.6. The first-order valence-corrected chi connectivity index (χ1v) is 13.1. The van der Waals surface area contributed by atoms with Crippen LogP contribution in [0.3, 0.4) is 0 Å². The molecule has 1 saturated carbocycles. The Balaban J connectivity index is 1.88. The van der Waals surface area contributed by atoms with Gasteiger partial charge in [-0.05, 0) is 56.5 Å². The van der Waals surface area contributed by atoms with E-state index in [4.69, 9.17) is 14.2 Å². The standard InChI is InChI=1S/C29H36N2O6/c1-4-36-26(32)24(27(33)37-5-2)29(30-21-14-10-7-11-15-21)25(20-12-8-6-9-13-20)31(28(29)34)22-16-18-23(35-3)19-17-22/h6,8-9,12-13,16-19,21,24-25,30H,4-5,7,10-11,14-15H2,1-3H3/t25-,29-/m1/s1. The molecule has 1 heterocycles. The SMILES string of the molecule is CCOC(=O)C(C(=O)OCC)[C@]1(NC2CCCCC2)C(=O)N(c2ccc(OC)cc2)[C@@H]1c1ccccc1. The van der Waals surface area contributed by atoms with Crippen molar-refractivity contribution in [3.63, 3.8) is 0 Å². The molecule has 1 amide bonds. The number of anilines is 1. The number of hydrogen-bond acceptors (Lipinski definition) is 7. The zero-order valence-electron chi connectivity index (χ0n) is 21.8. The minimum absolute atomic E-state index is 0.0201. The van der Waals surface area contributed by atoms with Crippen LogP contribution in [0.15, 0.2) is 54.6 Å². The molecule has 2 atom stereocenters. The van der Waals surface area contributed by atoms with Gasteiger partial charge in [-0.1, -0.05) is 49.6 Å². The monoisotopic (exact) mass is 508 g/mol. The largest absolute Gasteiger partial charge is 0.497 e. The van der Waals surface area contributed by atoms with Crippen molar-refractivity contribution in [3.05, 3.63) is 60.2 Å². The second-order valence-electron chi connectivity index (χ2n) is 9.47. The molecular weight excluding hydrogens is 472 g/mol. The Morgan fingerprint density at radius 3 is 2.08 bits per heavy atom. The highest BCUT2D eigenvalue weighted by Crippen LogP contribution is 2.51. The Morgan fingerprint density at radius 1 is 0.946 bits per heavy atom. The maximum atomic E-state index is 14.4. The summed E-state index contributed by atoms with van der Waals surface area (Å²) < 4.78 is 16.1. The fourth-order valence-corrected chi connectivity index (χ4v) is 5.64. The number of hydrogen-bond donors (Lipinski definition) is 1. The molecule has 198 valence electrons. The second-order valence-corrected chi connectivity index (χ2v) is 9.47. The Morgan fingerprint density at radius 2 is 1.54 bits per heavy atom. The van der Waals surface area contributed by atoms with E-state index in [0.29, 0.717) is 11.4 Å². The van der Waals surface area contributed by atoms with Crippen molar-refractivity contribution in [2.24, 2.45) is 5.92 Å². The predicted molar refractivity (Wildman–Crippen MR) is 139 cm³/mol. The number of benzene rings is 2. The number of nitrogens with one attached hydrogen (secondary N) is 1. The Hall–Kier alpha value is -3.39. The average molecular weight is 509 g/mol. The van der Waals surface area contributed by atoms with E-state index >= 15 is 0 Å². The fourth-order valence-electron chi connectivity index (χ4n) is 5.64. The van der Waals surface area contributed by atoms with Crippen molar-refractivity contribution in [2.45, 2.75) is 63.6 Å². The third-order valence-electron chi connectivity index (χ3n) is 7.28. The average Bonchev–Trinajstić information content (AvgIpc) is 2.92. The van der Waals surface area contributed by atoms with Gasteiger partial charge in [-0.2, -0.15) is 0 Å². The lowest BCUT2D eigenvalue weighted by atomic mass is 9.65. The second kappa shape index (κ2) is 11.8. The lowest BCUT2D eigenvalue weighted by Crippen LogP contribution is -2.81. The van der Waals surface area contributed by atoms with Crippen LogP contribution in [0.25, 0.3) is 0 Å². The highest BCUT2D eigenvalue weighted by molar-refractivity contribution is 6.16. The number of amides is 1. The van der Waals surface area contributed by atoms with Crippen LogP contribution in [-0.2, 0) is 23.9 Å². The molecule has 0 spiro atoms. The molecule has 0 unspecified atom stereocenters. The molecule has 0 bridgehead atoms. The van der Waals surface area contributed by atoms with Crippen LogP contribution >= 0.6 is 0 Å². The lowest BCUT2D eigenvalue weighted by molar-refractivity contribution is -0.173. The quantitative estimate of drug-likeness (QED) is 0.292. The number of carbonyl (C=O) groups is 3. The maximum Gasteiger partial charge on any atom is 0.322 e. The van der Waals surface area contributed by atoms with E-state index in [2.05, 4.69) is 5.32 Å². The molecule has 2 fully saturated rings. The van der Waals surface area contributed by atoms with Gasteiger partial charge in [-0.15, -0.1) is 0 Å². The summed E-state index contributed by atoms with van der Waals surface area (Å²) in [6.07, 6.45) is 4.88. The van der Waals surface area contributed by atoms with Gasteiger partial charge in [0.25, 0.3) is 5.91 Å². The Kier molecular flexibility index (Phi) is 8.48. The predicted octanol–water partition coefficient (Wildman–Crippen LogP) is 4.19. The maximum absolute atomic E-state index is 14.4. The molecule has 0 radical (unpaired) electrons. The Labute approximate surface area is 218 Å². The van der Waals surface area contributed by atoms with E-state index in [1.54, 1.807) is 50.1 Å². The van der Waals surface area contributed by atoms with Gasteiger partial charge in [0.1, 0.15) is 11.3 Å². The summed E-state index contributed by atoms with van der Waals surface area (Å²) in [6.45, 7) is 3.53. The molecule has 1 N–H and O–H groups in total. The van der Waals surface area contributed by atoms with Crippen molar-refractivity contribution >= 4 is 23.5 Å². The fraction of sp³-hybridized carbons (Fsp3) is 0.483. The van der Waals surface area contributed by atoms with E-state index in [-0.39, 0.29) is 25.2 Å². The molecule has 0 aromatic heterocycles. The van der Waals surface area contributed by atoms with Gasteiger partial charge in [0, 0.05) is 11.7 Å². The minimum atomic E-state index is -1.55. The molecule has 1 aliphatic carbocycles. The first kappa shape index (κ1) is 26.7. The first-order chi connectivity index (χ1) is 18.0. The number of esters is 2. The van der Waals surface area contributed by atoms with E-state index in [1.807, 2.05) is 30.3 Å². The molecule has 4 rings (SSSR count). The topological polar surface area (TPSA) is 94.2 Å². The van der Waals surface area contributed by atoms with Crippen LogP contribution in [0.2, 0.25) is 0 Å². The van der Waals surface area contributed by atoms with Crippen LogP contribution in [0, 0.1) is 5.92 Å². The van der Waals surface area contributed by atoms with Gasteiger partial charge in [-0.3, -0.25) is 19.7 Å². The van der Waals surface area contributed by atoms with Crippen molar-refractivity contribution < 1.29 is 28.6 Å². The summed E-state index contributed by atoms with van der Waals surface area (Å²) in [5.41, 5.74) is -0.103. The molecule has 2 aliphatic rings. The van der Waals surface area contributed by atoms with Crippen molar-refractivity contribution in [1.82, 2.24) is 5.32 Å². The summed E-state index contributed by atoms with van der Waals surface area (Å²) in [4.78, 5) is 42.9. The molecule has 2 aromatic carbocycles. The number of ether oxygens (including phenoxy) is 3. The van der Waals surface area contributed by atoms with Gasteiger partial charge < -0.3 is 19.1 Å². The van der Waals surface area contributed by atoms with Gasteiger partial charge in [0.2, 0.25) is 0 Å². The first-order valence-electron chi connectivity index (χ1n) is 13.1. The van der Waals surface area contributed by atoms with Crippen molar-refractivity contribution in [1.29, 1.82) is 0 Å². The molecule has 1 aliphatic heterocycles. The van der Waals surface area contributed by atoms with E-state index in [9.17, 15) is 14.4 Å². The molecule has 8 heteroatoms. The summed E-state index contributed by atoms with van der Waals surface area (Å²) in [5.74, 6) is -2.67. The minimum Gasteiger partial charge on any atom is -0.497 e. The van der Waals surface area contributed by atoms with E-state index in [1.165, 1.54) is 0 Å². The van der Waals surface area contributed by atoms with E-state index < -0.39 is 29.4 Å².